The second kappa shape index (κ2) is 5.85. The molecule has 1 fully saturated rings. The van der Waals surface area contributed by atoms with Crippen LogP contribution in [0.2, 0.25) is 0 Å². The number of methoxy groups -OCH3 is 1. The average Bonchev–Trinajstić information content (AvgIpc) is 2.48. The van der Waals surface area contributed by atoms with Crippen LogP contribution >= 0.6 is 0 Å². The van der Waals surface area contributed by atoms with E-state index in [1.165, 1.54) is 6.92 Å². The Morgan fingerprint density at radius 1 is 1.19 bits per heavy atom. The number of nitrogens with two attached hydrogens (primary N) is 1. The van der Waals surface area contributed by atoms with Crippen LogP contribution < -0.4 is 11.1 Å². The maximum atomic E-state index is 12.3. The molecule has 0 heterocycles. The van der Waals surface area contributed by atoms with Gasteiger partial charge in [0.1, 0.15) is 5.60 Å². The molecule has 1 aromatic carbocycles. The number of nitrogens with one attached hydrogen (secondary N) is 1. The van der Waals surface area contributed by atoms with Gasteiger partial charge >= 0.3 is 0 Å². The van der Waals surface area contributed by atoms with Crippen molar-refractivity contribution in [2.24, 2.45) is 5.73 Å². The third-order valence-electron chi connectivity index (χ3n) is 4.42. The summed E-state index contributed by atoms with van der Waals surface area (Å²) in [7, 11) is 1.57. The zero-order chi connectivity index (χ0) is 15.5. The number of amides is 2. The van der Waals surface area contributed by atoms with Crippen LogP contribution in [0, 0.1) is 0 Å². The van der Waals surface area contributed by atoms with Crippen molar-refractivity contribution in [1.29, 1.82) is 0 Å². The Hall–Kier alpha value is -1.88. The van der Waals surface area contributed by atoms with E-state index in [0.717, 1.165) is 18.4 Å². The van der Waals surface area contributed by atoms with E-state index in [1.54, 1.807) is 7.11 Å². The predicted molar refractivity (Wildman–Crippen MR) is 79.3 cm³/mol. The number of hydrogen-bond donors (Lipinski definition) is 2. The van der Waals surface area contributed by atoms with Gasteiger partial charge in [0, 0.05) is 14.0 Å². The Balaban J connectivity index is 2.63. The quantitative estimate of drug-likeness (QED) is 0.881. The normalized spacial score (nSPS) is 28.9. The lowest BCUT2D eigenvalue weighted by Gasteiger charge is -2.51. The van der Waals surface area contributed by atoms with E-state index in [4.69, 9.17) is 10.5 Å². The van der Waals surface area contributed by atoms with Crippen LogP contribution in [0.5, 0.6) is 0 Å². The number of rotatable bonds is 4. The molecule has 2 unspecified atom stereocenters. The van der Waals surface area contributed by atoms with Crippen molar-refractivity contribution in [2.45, 2.75) is 43.7 Å². The minimum Gasteiger partial charge on any atom is -0.370 e. The fourth-order valence-corrected chi connectivity index (χ4v) is 3.52. The van der Waals surface area contributed by atoms with E-state index in [-0.39, 0.29) is 5.91 Å². The molecule has 114 valence electrons. The lowest BCUT2D eigenvalue weighted by Crippen LogP contribution is -2.70. The van der Waals surface area contributed by atoms with Gasteiger partial charge in [-0.3, -0.25) is 9.59 Å². The topological polar surface area (TPSA) is 81.4 Å². The Bertz CT molecular complexity index is 532. The molecule has 0 spiro atoms. The molecular weight excluding hydrogens is 268 g/mol. The third kappa shape index (κ3) is 2.42. The zero-order valence-corrected chi connectivity index (χ0v) is 12.5. The third-order valence-corrected chi connectivity index (χ3v) is 4.42. The first kappa shape index (κ1) is 15.5. The second-order valence-electron chi connectivity index (χ2n) is 5.56. The van der Waals surface area contributed by atoms with Gasteiger partial charge in [-0.05, 0) is 18.4 Å². The van der Waals surface area contributed by atoms with Gasteiger partial charge in [-0.25, -0.2) is 0 Å². The zero-order valence-electron chi connectivity index (χ0n) is 12.5. The molecule has 0 aliphatic heterocycles. The number of carbonyl (C=O) groups is 2. The Kier molecular flexibility index (Phi) is 4.32. The van der Waals surface area contributed by atoms with E-state index in [1.807, 2.05) is 30.3 Å². The Morgan fingerprint density at radius 3 is 2.33 bits per heavy atom. The smallest absolute Gasteiger partial charge is 0.246 e. The highest BCUT2D eigenvalue weighted by molar-refractivity contribution is 5.91. The van der Waals surface area contributed by atoms with E-state index in [2.05, 4.69) is 5.32 Å². The van der Waals surface area contributed by atoms with Gasteiger partial charge in [0.25, 0.3) is 0 Å². The highest BCUT2D eigenvalue weighted by atomic mass is 16.5. The average molecular weight is 290 g/mol. The first-order valence-electron chi connectivity index (χ1n) is 7.18. The predicted octanol–water partition coefficient (Wildman–Crippen LogP) is 1.46. The molecule has 3 N–H and O–H groups in total. The first-order chi connectivity index (χ1) is 9.98. The van der Waals surface area contributed by atoms with Crippen molar-refractivity contribution in [2.75, 3.05) is 7.11 Å². The van der Waals surface area contributed by atoms with Crippen molar-refractivity contribution in [3.63, 3.8) is 0 Å². The fraction of sp³-hybridized carbons (Fsp3) is 0.500. The van der Waals surface area contributed by atoms with Crippen LogP contribution in [-0.4, -0.2) is 24.5 Å². The van der Waals surface area contributed by atoms with Crippen LogP contribution in [-0.2, 0) is 19.9 Å². The van der Waals surface area contributed by atoms with Crippen LogP contribution in [0.1, 0.15) is 38.2 Å². The largest absolute Gasteiger partial charge is 0.370 e. The van der Waals surface area contributed by atoms with E-state index < -0.39 is 17.0 Å². The lowest BCUT2D eigenvalue weighted by molar-refractivity contribution is -0.159. The summed E-state index contributed by atoms with van der Waals surface area (Å²) in [6.45, 7) is 1.39. The van der Waals surface area contributed by atoms with Crippen LogP contribution in [0.15, 0.2) is 30.3 Å². The maximum Gasteiger partial charge on any atom is 0.246 e. The van der Waals surface area contributed by atoms with Crippen LogP contribution in [0.25, 0.3) is 0 Å². The van der Waals surface area contributed by atoms with Gasteiger partial charge in [-0.1, -0.05) is 43.2 Å². The highest BCUT2D eigenvalue weighted by Crippen LogP contribution is 2.47. The fourth-order valence-electron chi connectivity index (χ4n) is 3.52. The summed E-state index contributed by atoms with van der Waals surface area (Å²) in [5, 5.41) is 2.80. The summed E-state index contributed by atoms with van der Waals surface area (Å²) in [6, 6.07) is 9.51. The molecule has 1 aliphatic carbocycles. The Labute approximate surface area is 124 Å². The highest BCUT2D eigenvalue weighted by Gasteiger charge is 2.59. The van der Waals surface area contributed by atoms with Gasteiger partial charge in [-0.2, -0.15) is 0 Å². The molecule has 1 saturated carbocycles. The molecule has 0 radical (unpaired) electrons. The van der Waals surface area contributed by atoms with Gasteiger partial charge in [0.2, 0.25) is 11.8 Å². The summed E-state index contributed by atoms with van der Waals surface area (Å²) in [4.78, 5) is 24.0. The second-order valence-corrected chi connectivity index (χ2v) is 5.56. The number of benzene rings is 1. The van der Waals surface area contributed by atoms with Crippen LogP contribution in [0.3, 0.4) is 0 Å². The van der Waals surface area contributed by atoms with E-state index in [9.17, 15) is 9.59 Å². The first-order valence-corrected chi connectivity index (χ1v) is 7.18. The number of ether oxygens (including phenoxy) is 1. The van der Waals surface area contributed by atoms with Gasteiger partial charge in [0.05, 0.1) is 0 Å². The maximum absolute atomic E-state index is 12.3. The van der Waals surface area contributed by atoms with Gasteiger partial charge in [-0.15, -0.1) is 0 Å². The molecule has 0 saturated heterocycles. The van der Waals surface area contributed by atoms with Crippen molar-refractivity contribution in [1.82, 2.24) is 5.32 Å². The van der Waals surface area contributed by atoms with Gasteiger partial charge in [0.15, 0.2) is 5.54 Å². The molecule has 21 heavy (non-hydrogen) atoms. The molecule has 1 aliphatic rings. The van der Waals surface area contributed by atoms with E-state index in [0.29, 0.717) is 12.8 Å². The van der Waals surface area contributed by atoms with E-state index >= 15 is 0 Å². The molecule has 1 aromatic rings. The molecule has 0 aromatic heterocycles. The number of hydrogen-bond acceptors (Lipinski definition) is 3. The Morgan fingerprint density at radius 2 is 1.81 bits per heavy atom. The van der Waals surface area contributed by atoms with Crippen molar-refractivity contribution in [3.05, 3.63) is 35.9 Å². The van der Waals surface area contributed by atoms with Gasteiger partial charge < -0.3 is 15.8 Å². The summed E-state index contributed by atoms with van der Waals surface area (Å²) in [5.74, 6) is -0.837. The summed E-state index contributed by atoms with van der Waals surface area (Å²) in [6.07, 6.45) is 2.85. The summed E-state index contributed by atoms with van der Waals surface area (Å²) < 4.78 is 5.83. The van der Waals surface area contributed by atoms with Crippen molar-refractivity contribution >= 4 is 11.8 Å². The SMILES string of the molecule is COC1(c2ccccc2)CCCCC1(NC(C)=O)C(N)=O. The number of carbonyl (C=O) groups excluding carboxylic acids is 2. The molecule has 5 heteroatoms. The minimum atomic E-state index is -1.22. The van der Waals surface area contributed by atoms with Crippen LogP contribution in [0.4, 0.5) is 0 Å². The summed E-state index contributed by atoms with van der Waals surface area (Å²) >= 11 is 0. The molecule has 2 rings (SSSR count). The molecule has 2 amide bonds. The number of primary amides is 1. The molecule has 2 atom stereocenters. The molecule has 0 bridgehead atoms. The standard InChI is InChI=1S/C16H22N2O3/c1-12(19)18-15(14(17)20)10-6-7-11-16(15,21-2)13-8-4-3-5-9-13/h3-5,8-9H,6-7,10-11H2,1-2H3,(H2,17,20)(H,18,19). The minimum absolute atomic E-state index is 0.284. The van der Waals surface area contributed by atoms with Crippen molar-refractivity contribution < 1.29 is 14.3 Å². The molecule has 5 nitrogen and oxygen atoms in total. The monoisotopic (exact) mass is 290 g/mol. The molecular formula is C16H22N2O3. The summed E-state index contributed by atoms with van der Waals surface area (Å²) in [5.41, 5.74) is 4.42. The van der Waals surface area contributed by atoms with Crippen molar-refractivity contribution in [3.8, 4) is 0 Å². The lowest BCUT2D eigenvalue weighted by atomic mass is 9.65.